The molecule has 1 aromatic heterocycles. The molecular weight excluding hydrogens is 300 g/mol. The molecule has 0 aliphatic carbocycles. The smallest absolute Gasteiger partial charge is 0.405 e. The monoisotopic (exact) mass is 320 g/mol. The molecular formula is C20H20N2O2. The fraction of sp³-hybridized carbons (Fsp3) is 0.200. The lowest BCUT2D eigenvalue weighted by molar-refractivity contribution is 0.0460. The van der Waals surface area contributed by atoms with Crippen LogP contribution in [-0.4, -0.2) is 16.7 Å². The molecule has 0 aliphatic rings. The Bertz CT molecular complexity index is 870. The second kappa shape index (κ2) is 6.32. The summed E-state index contributed by atoms with van der Waals surface area (Å²) < 4.78 is 5.13. The van der Waals surface area contributed by atoms with Crippen molar-refractivity contribution in [2.24, 2.45) is 5.73 Å². The van der Waals surface area contributed by atoms with Crippen LogP contribution in [0.5, 0.6) is 0 Å². The van der Waals surface area contributed by atoms with E-state index in [0.29, 0.717) is 6.42 Å². The van der Waals surface area contributed by atoms with E-state index in [1.807, 2.05) is 62.4 Å². The van der Waals surface area contributed by atoms with Gasteiger partial charge in [-0.1, -0.05) is 48.5 Å². The molecule has 0 aliphatic heterocycles. The zero-order chi connectivity index (χ0) is 17.2. The van der Waals surface area contributed by atoms with Gasteiger partial charge < -0.3 is 10.5 Å². The van der Waals surface area contributed by atoms with Gasteiger partial charge in [-0.05, 0) is 31.5 Å². The van der Waals surface area contributed by atoms with Crippen molar-refractivity contribution in [1.29, 1.82) is 0 Å². The van der Waals surface area contributed by atoms with Gasteiger partial charge in [0.15, 0.2) is 0 Å². The normalized spacial score (nSPS) is 11.4. The highest BCUT2D eigenvalue weighted by Gasteiger charge is 2.22. The van der Waals surface area contributed by atoms with Crippen molar-refractivity contribution in [3.8, 4) is 11.3 Å². The molecule has 4 heteroatoms. The second-order valence-corrected chi connectivity index (χ2v) is 6.44. The molecule has 1 amide bonds. The molecule has 0 unspecified atom stereocenters. The molecule has 0 saturated carbocycles. The van der Waals surface area contributed by atoms with E-state index in [0.717, 1.165) is 27.7 Å². The van der Waals surface area contributed by atoms with Crippen LogP contribution in [0.15, 0.2) is 60.7 Å². The summed E-state index contributed by atoms with van der Waals surface area (Å²) in [7, 11) is 0. The maximum atomic E-state index is 10.9. The maximum absolute atomic E-state index is 10.9. The molecule has 0 saturated heterocycles. The first kappa shape index (κ1) is 16.0. The van der Waals surface area contributed by atoms with Crippen LogP contribution in [0.3, 0.4) is 0 Å². The van der Waals surface area contributed by atoms with Gasteiger partial charge >= 0.3 is 6.09 Å². The fourth-order valence-electron chi connectivity index (χ4n) is 2.82. The maximum Gasteiger partial charge on any atom is 0.405 e. The highest BCUT2D eigenvalue weighted by molar-refractivity contribution is 5.81. The van der Waals surface area contributed by atoms with Crippen LogP contribution < -0.4 is 5.73 Å². The Balaban J connectivity index is 1.81. The van der Waals surface area contributed by atoms with E-state index in [9.17, 15) is 4.79 Å². The van der Waals surface area contributed by atoms with Gasteiger partial charge in [0.2, 0.25) is 0 Å². The molecule has 3 rings (SSSR count). The molecule has 2 N–H and O–H groups in total. The lowest BCUT2D eigenvalue weighted by atomic mass is 9.97. The van der Waals surface area contributed by atoms with Crippen LogP contribution in [0, 0.1) is 0 Å². The molecule has 3 aromatic rings. The third-order valence-electron chi connectivity index (χ3n) is 3.85. The lowest BCUT2D eigenvalue weighted by Gasteiger charge is -2.24. The number of pyridine rings is 1. The Kier molecular flexibility index (Phi) is 4.21. The Morgan fingerprint density at radius 1 is 1.04 bits per heavy atom. The molecule has 0 spiro atoms. The molecule has 122 valence electrons. The zero-order valence-electron chi connectivity index (χ0n) is 13.8. The lowest BCUT2D eigenvalue weighted by Crippen LogP contribution is -2.33. The van der Waals surface area contributed by atoms with Crippen molar-refractivity contribution in [2.45, 2.75) is 25.9 Å². The number of primary amides is 1. The number of carbonyl (C=O) groups excluding carboxylic acids is 1. The number of fused-ring (bicyclic) bond motifs is 1. The summed E-state index contributed by atoms with van der Waals surface area (Å²) in [5.74, 6) is 0. The van der Waals surface area contributed by atoms with E-state index in [-0.39, 0.29) is 0 Å². The van der Waals surface area contributed by atoms with Crippen LogP contribution in [-0.2, 0) is 11.2 Å². The molecule has 0 radical (unpaired) electrons. The molecule has 1 heterocycles. The predicted octanol–water partition coefficient (Wildman–Crippen LogP) is 4.32. The first-order chi connectivity index (χ1) is 11.4. The van der Waals surface area contributed by atoms with Gasteiger partial charge in [-0.3, -0.25) is 0 Å². The summed E-state index contributed by atoms with van der Waals surface area (Å²) in [6, 6.07) is 20.3. The zero-order valence-corrected chi connectivity index (χ0v) is 13.8. The van der Waals surface area contributed by atoms with Gasteiger partial charge in [-0.25, -0.2) is 9.78 Å². The third-order valence-corrected chi connectivity index (χ3v) is 3.85. The van der Waals surface area contributed by atoms with Crippen molar-refractivity contribution >= 4 is 17.0 Å². The molecule has 0 fully saturated rings. The summed E-state index contributed by atoms with van der Waals surface area (Å²) >= 11 is 0. The molecule has 24 heavy (non-hydrogen) atoms. The van der Waals surface area contributed by atoms with E-state index < -0.39 is 11.7 Å². The van der Waals surface area contributed by atoms with Crippen LogP contribution >= 0.6 is 0 Å². The fourth-order valence-corrected chi connectivity index (χ4v) is 2.82. The van der Waals surface area contributed by atoms with Crippen LogP contribution in [0.1, 0.15) is 19.4 Å². The van der Waals surface area contributed by atoms with Gasteiger partial charge in [-0.15, -0.1) is 0 Å². The number of nitrogens with zero attached hydrogens (tertiary/aromatic N) is 1. The van der Waals surface area contributed by atoms with Gasteiger partial charge in [0.25, 0.3) is 0 Å². The highest BCUT2D eigenvalue weighted by atomic mass is 16.6. The molecule has 0 atom stereocenters. The summed E-state index contributed by atoms with van der Waals surface area (Å²) in [5, 5.41) is 1.13. The number of hydrogen-bond donors (Lipinski definition) is 1. The predicted molar refractivity (Wildman–Crippen MR) is 95.6 cm³/mol. The average Bonchev–Trinajstić information content (AvgIpc) is 2.53. The first-order valence-corrected chi connectivity index (χ1v) is 7.86. The second-order valence-electron chi connectivity index (χ2n) is 6.44. The Hall–Kier alpha value is -2.88. The van der Waals surface area contributed by atoms with E-state index in [2.05, 4.69) is 12.1 Å². The number of ether oxygens (including phenoxy) is 1. The number of benzene rings is 2. The minimum Gasteiger partial charge on any atom is -0.443 e. The van der Waals surface area contributed by atoms with Gasteiger partial charge in [-0.2, -0.15) is 0 Å². The highest BCUT2D eigenvalue weighted by Crippen LogP contribution is 2.23. The van der Waals surface area contributed by atoms with Crippen LogP contribution in [0.4, 0.5) is 4.79 Å². The number of para-hydroxylation sites is 1. The minimum atomic E-state index is -0.753. The van der Waals surface area contributed by atoms with E-state index >= 15 is 0 Å². The van der Waals surface area contributed by atoms with Gasteiger partial charge in [0, 0.05) is 17.4 Å². The average molecular weight is 320 g/mol. The number of amides is 1. The number of nitrogens with two attached hydrogens (primary N) is 1. The van der Waals surface area contributed by atoms with Crippen molar-refractivity contribution in [3.05, 3.63) is 66.2 Å². The van der Waals surface area contributed by atoms with E-state index in [1.165, 1.54) is 0 Å². The number of aromatic nitrogens is 1. The summed E-state index contributed by atoms with van der Waals surface area (Å²) in [6.07, 6.45) is -0.154. The third kappa shape index (κ3) is 3.71. The quantitative estimate of drug-likeness (QED) is 0.778. The Morgan fingerprint density at radius 3 is 2.46 bits per heavy atom. The summed E-state index contributed by atoms with van der Waals surface area (Å²) in [5.41, 5.74) is 8.53. The summed E-state index contributed by atoms with van der Waals surface area (Å²) in [6.45, 7) is 3.69. The molecule has 4 nitrogen and oxygen atoms in total. The van der Waals surface area contributed by atoms with Crippen molar-refractivity contribution in [3.63, 3.8) is 0 Å². The number of carbonyl (C=O) groups is 1. The summed E-state index contributed by atoms with van der Waals surface area (Å²) in [4.78, 5) is 15.6. The number of rotatable bonds is 4. The largest absolute Gasteiger partial charge is 0.443 e. The minimum absolute atomic E-state index is 0.599. The van der Waals surface area contributed by atoms with Crippen molar-refractivity contribution in [1.82, 2.24) is 4.98 Å². The topological polar surface area (TPSA) is 65.2 Å². The molecule has 0 bridgehead atoms. The van der Waals surface area contributed by atoms with Gasteiger partial charge in [0.05, 0.1) is 11.2 Å². The standard InChI is InChI=1S/C20H20N2O2/c1-20(2,24-19(21)23)13-14-7-9-16(10-8-14)18-12-11-15-5-3-4-6-17(15)22-18/h3-12H,13H2,1-2H3,(H2,21,23). The first-order valence-electron chi connectivity index (χ1n) is 7.86. The number of hydrogen-bond acceptors (Lipinski definition) is 3. The van der Waals surface area contributed by atoms with E-state index in [4.69, 9.17) is 15.5 Å². The SMILES string of the molecule is CC(C)(Cc1ccc(-c2ccc3ccccc3n2)cc1)OC(N)=O. The van der Waals surface area contributed by atoms with Crippen LogP contribution in [0.2, 0.25) is 0 Å². The molecule has 2 aromatic carbocycles. The van der Waals surface area contributed by atoms with E-state index in [1.54, 1.807) is 0 Å². The van der Waals surface area contributed by atoms with Crippen molar-refractivity contribution in [2.75, 3.05) is 0 Å². The van der Waals surface area contributed by atoms with Gasteiger partial charge in [0.1, 0.15) is 5.60 Å². The Labute approximate surface area is 141 Å². The Morgan fingerprint density at radius 2 is 1.75 bits per heavy atom. The van der Waals surface area contributed by atoms with Crippen LogP contribution in [0.25, 0.3) is 22.2 Å². The van der Waals surface area contributed by atoms with Crippen molar-refractivity contribution < 1.29 is 9.53 Å².